The van der Waals surface area contributed by atoms with Gasteiger partial charge in [-0.05, 0) is 32.0 Å². The number of methoxy groups -OCH3 is 2. The SMILES string of the molecule is COc1cccc(-c2nc(-c3cc(C)n(-c4ncn[nH]4)c3C)cs2)c1OC. The highest BCUT2D eigenvalue weighted by molar-refractivity contribution is 7.13. The Labute approximate surface area is 160 Å². The summed E-state index contributed by atoms with van der Waals surface area (Å²) in [6, 6.07) is 7.91. The van der Waals surface area contributed by atoms with Crippen molar-refractivity contribution < 1.29 is 9.47 Å². The lowest BCUT2D eigenvalue weighted by Crippen LogP contribution is -2.01. The van der Waals surface area contributed by atoms with Crippen LogP contribution < -0.4 is 9.47 Å². The predicted octanol–water partition coefficient (Wildman–Crippen LogP) is 4.02. The van der Waals surface area contributed by atoms with Crippen LogP contribution in [0.25, 0.3) is 27.8 Å². The third-order valence-corrected chi connectivity index (χ3v) is 5.33. The molecule has 0 amide bonds. The summed E-state index contributed by atoms with van der Waals surface area (Å²) in [4.78, 5) is 9.11. The van der Waals surface area contributed by atoms with Crippen LogP contribution in [0.5, 0.6) is 11.5 Å². The van der Waals surface area contributed by atoms with Gasteiger partial charge < -0.3 is 9.47 Å². The van der Waals surface area contributed by atoms with Crippen molar-refractivity contribution in [2.75, 3.05) is 14.2 Å². The third-order valence-electron chi connectivity index (χ3n) is 4.46. The molecule has 0 fully saturated rings. The Morgan fingerprint density at radius 2 is 1.96 bits per heavy atom. The number of aryl methyl sites for hydroxylation is 1. The van der Waals surface area contributed by atoms with Gasteiger partial charge in [-0.1, -0.05) is 6.07 Å². The molecule has 0 atom stereocenters. The number of benzene rings is 1. The molecule has 0 spiro atoms. The van der Waals surface area contributed by atoms with E-state index in [2.05, 4.69) is 33.6 Å². The summed E-state index contributed by atoms with van der Waals surface area (Å²) in [5.41, 5.74) is 5.01. The number of para-hydroxylation sites is 1. The molecule has 0 radical (unpaired) electrons. The standard InChI is InChI=1S/C19H19N5O2S/c1-11-8-14(12(2)24(11)19-20-10-21-23-19)15-9-27-18(22-15)13-6-5-7-16(25-3)17(13)26-4/h5-10H,1-4H3,(H,20,21,23). The molecule has 3 aromatic heterocycles. The number of aromatic amines is 1. The van der Waals surface area contributed by atoms with Crippen LogP contribution in [-0.2, 0) is 0 Å². The first-order valence-electron chi connectivity index (χ1n) is 8.36. The van der Waals surface area contributed by atoms with Gasteiger partial charge in [0.25, 0.3) is 0 Å². The number of hydrogen-bond acceptors (Lipinski definition) is 6. The first-order chi connectivity index (χ1) is 13.1. The molecule has 7 nitrogen and oxygen atoms in total. The smallest absolute Gasteiger partial charge is 0.229 e. The number of thiazole rings is 1. The number of nitrogens with zero attached hydrogens (tertiary/aromatic N) is 4. The van der Waals surface area contributed by atoms with Crippen molar-refractivity contribution in [1.29, 1.82) is 0 Å². The third kappa shape index (κ3) is 2.87. The maximum absolute atomic E-state index is 5.55. The van der Waals surface area contributed by atoms with Crippen molar-refractivity contribution in [3.63, 3.8) is 0 Å². The maximum atomic E-state index is 5.55. The second kappa shape index (κ2) is 6.88. The van der Waals surface area contributed by atoms with Gasteiger partial charge in [-0.3, -0.25) is 4.57 Å². The molecule has 4 aromatic rings. The monoisotopic (exact) mass is 381 g/mol. The van der Waals surface area contributed by atoms with Crippen molar-refractivity contribution in [3.05, 3.63) is 47.4 Å². The first-order valence-corrected chi connectivity index (χ1v) is 9.24. The van der Waals surface area contributed by atoms with E-state index in [0.717, 1.165) is 33.2 Å². The average molecular weight is 381 g/mol. The number of H-pyrrole nitrogens is 1. The molecule has 138 valence electrons. The van der Waals surface area contributed by atoms with Gasteiger partial charge in [0.1, 0.15) is 11.3 Å². The average Bonchev–Trinajstić information content (AvgIpc) is 3.41. The predicted molar refractivity (Wildman–Crippen MR) is 105 cm³/mol. The first kappa shape index (κ1) is 17.3. The van der Waals surface area contributed by atoms with Crippen LogP contribution in [0, 0.1) is 13.8 Å². The molecule has 1 N–H and O–H groups in total. The lowest BCUT2D eigenvalue weighted by atomic mass is 10.1. The van der Waals surface area contributed by atoms with Crippen molar-refractivity contribution in [2.24, 2.45) is 0 Å². The zero-order valence-electron chi connectivity index (χ0n) is 15.5. The Morgan fingerprint density at radius 3 is 2.67 bits per heavy atom. The quantitative estimate of drug-likeness (QED) is 0.565. The minimum absolute atomic E-state index is 0.688. The molecular formula is C19H19N5O2S. The lowest BCUT2D eigenvalue weighted by Gasteiger charge is -2.10. The highest BCUT2D eigenvalue weighted by atomic mass is 32.1. The number of ether oxygens (including phenoxy) is 2. The topological polar surface area (TPSA) is 77.9 Å². The lowest BCUT2D eigenvalue weighted by molar-refractivity contribution is 0.356. The number of rotatable bonds is 5. The fraction of sp³-hybridized carbons (Fsp3) is 0.211. The molecule has 3 heterocycles. The second-order valence-corrected chi connectivity index (χ2v) is 6.87. The van der Waals surface area contributed by atoms with Gasteiger partial charge in [0.15, 0.2) is 11.5 Å². The summed E-state index contributed by atoms with van der Waals surface area (Å²) in [5.74, 6) is 2.07. The summed E-state index contributed by atoms with van der Waals surface area (Å²) < 4.78 is 13.0. The molecular weight excluding hydrogens is 362 g/mol. The highest BCUT2D eigenvalue weighted by Crippen LogP contribution is 2.40. The molecule has 0 aliphatic rings. The Balaban J connectivity index is 1.78. The van der Waals surface area contributed by atoms with E-state index in [1.807, 2.05) is 29.7 Å². The molecule has 0 saturated carbocycles. The van der Waals surface area contributed by atoms with Gasteiger partial charge in [0, 0.05) is 22.3 Å². The van der Waals surface area contributed by atoms with Gasteiger partial charge in [0.05, 0.1) is 25.5 Å². The molecule has 27 heavy (non-hydrogen) atoms. The van der Waals surface area contributed by atoms with Crippen LogP contribution in [0.15, 0.2) is 36.0 Å². The Bertz CT molecular complexity index is 1080. The summed E-state index contributed by atoms with van der Waals surface area (Å²) in [7, 11) is 3.27. The molecule has 0 aliphatic heterocycles. The normalized spacial score (nSPS) is 11.0. The highest BCUT2D eigenvalue weighted by Gasteiger charge is 2.18. The van der Waals surface area contributed by atoms with Gasteiger partial charge in [0.2, 0.25) is 5.95 Å². The van der Waals surface area contributed by atoms with E-state index in [1.54, 1.807) is 25.6 Å². The van der Waals surface area contributed by atoms with E-state index in [9.17, 15) is 0 Å². The van der Waals surface area contributed by atoms with E-state index < -0.39 is 0 Å². The molecule has 1 aromatic carbocycles. The Kier molecular flexibility index (Phi) is 4.41. The zero-order chi connectivity index (χ0) is 19.0. The number of aromatic nitrogens is 5. The van der Waals surface area contributed by atoms with Crippen molar-refractivity contribution in [2.45, 2.75) is 13.8 Å². The summed E-state index contributed by atoms with van der Waals surface area (Å²) in [5, 5.41) is 9.79. The molecule has 0 unspecified atom stereocenters. The Morgan fingerprint density at radius 1 is 1.11 bits per heavy atom. The van der Waals surface area contributed by atoms with Crippen molar-refractivity contribution >= 4 is 11.3 Å². The minimum atomic E-state index is 0.688. The van der Waals surface area contributed by atoms with E-state index in [1.165, 1.54) is 6.33 Å². The van der Waals surface area contributed by atoms with E-state index in [-0.39, 0.29) is 0 Å². The fourth-order valence-corrected chi connectivity index (χ4v) is 4.07. The van der Waals surface area contributed by atoms with Crippen LogP contribution in [0.4, 0.5) is 0 Å². The minimum Gasteiger partial charge on any atom is -0.493 e. The molecule has 4 rings (SSSR count). The zero-order valence-corrected chi connectivity index (χ0v) is 16.3. The summed E-state index contributed by atoms with van der Waals surface area (Å²) in [6.45, 7) is 4.09. The van der Waals surface area contributed by atoms with E-state index >= 15 is 0 Å². The van der Waals surface area contributed by atoms with E-state index in [0.29, 0.717) is 17.4 Å². The molecule has 0 aliphatic carbocycles. The second-order valence-electron chi connectivity index (χ2n) is 6.01. The Hall–Kier alpha value is -3.13. The van der Waals surface area contributed by atoms with Crippen LogP contribution in [-0.4, -0.2) is 39.0 Å². The van der Waals surface area contributed by atoms with Crippen LogP contribution >= 0.6 is 11.3 Å². The fourth-order valence-electron chi connectivity index (χ4n) is 3.23. The van der Waals surface area contributed by atoms with Crippen LogP contribution in [0.2, 0.25) is 0 Å². The number of hydrogen-bond donors (Lipinski definition) is 1. The van der Waals surface area contributed by atoms with Crippen molar-refractivity contribution in [1.82, 2.24) is 24.7 Å². The van der Waals surface area contributed by atoms with Gasteiger partial charge in [-0.15, -0.1) is 11.3 Å². The van der Waals surface area contributed by atoms with Crippen molar-refractivity contribution in [3.8, 4) is 39.3 Å². The van der Waals surface area contributed by atoms with Gasteiger partial charge in [-0.25, -0.2) is 10.1 Å². The molecule has 8 heteroatoms. The molecule has 0 saturated heterocycles. The van der Waals surface area contributed by atoms with Crippen LogP contribution in [0.3, 0.4) is 0 Å². The van der Waals surface area contributed by atoms with Crippen LogP contribution in [0.1, 0.15) is 11.4 Å². The maximum Gasteiger partial charge on any atom is 0.229 e. The van der Waals surface area contributed by atoms with E-state index in [4.69, 9.17) is 14.5 Å². The summed E-state index contributed by atoms with van der Waals surface area (Å²) >= 11 is 1.58. The summed E-state index contributed by atoms with van der Waals surface area (Å²) in [6.07, 6.45) is 1.50. The number of nitrogens with one attached hydrogen (secondary N) is 1. The van der Waals surface area contributed by atoms with Gasteiger partial charge in [-0.2, -0.15) is 10.1 Å². The van der Waals surface area contributed by atoms with Gasteiger partial charge >= 0.3 is 0 Å². The largest absolute Gasteiger partial charge is 0.493 e. The molecule has 0 bridgehead atoms.